The number of carbonyl (C=O) groups excluding carboxylic acids is 1. The first kappa shape index (κ1) is 19.8. The molecule has 2 heterocycles. The number of fused-ring (bicyclic) bond motifs is 1. The van der Waals surface area contributed by atoms with Crippen molar-refractivity contribution in [3.05, 3.63) is 101 Å². The predicted octanol–water partition coefficient (Wildman–Crippen LogP) is 5.78. The van der Waals surface area contributed by atoms with Gasteiger partial charge >= 0.3 is 0 Å². The minimum Gasteiger partial charge on any atom is -0.497 e. The van der Waals surface area contributed by atoms with Gasteiger partial charge in [-0.15, -0.1) is 0 Å². The number of nitrogens with zero attached hydrogens (tertiary/aromatic N) is 2. The second-order valence-electron chi connectivity index (χ2n) is 7.81. The van der Waals surface area contributed by atoms with Gasteiger partial charge in [0.2, 0.25) is 5.78 Å². The van der Waals surface area contributed by atoms with Gasteiger partial charge in [-0.1, -0.05) is 18.2 Å². The number of ether oxygens (including phenoxy) is 2. The zero-order valence-corrected chi connectivity index (χ0v) is 18.1. The molecule has 0 saturated heterocycles. The minimum atomic E-state index is -0.115. The molecule has 0 unspecified atom stereocenters. The van der Waals surface area contributed by atoms with Crippen molar-refractivity contribution < 1.29 is 14.3 Å². The average molecular weight is 422 g/mol. The molecule has 1 aromatic heterocycles. The molecule has 5 nitrogen and oxygen atoms in total. The number of hydrogen-bond acceptors (Lipinski definition) is 4. The minimum absolute atomic E-state index is 0.115. The quantitative estimate of drug-likeness (QED) is 0.391. The summed E-state index contributed by atoms with van der Waals surface area (Å²) in [5, 5.41) is 4.82. The molecule has 0 saturated carbocycles. The van der Waals surface area contributed by atoms with Gasteiger partial charge in [-0.25, -0.2) is 4.68 Å². The van der Waals surface area contributed by atoms with Crippen LogP contribution in [0.5, 0.6) is 11.5 Å². The number of aryl methyl sites for hydroxylation is 2. The van der Waals surface area contributed by atoms with Gasteiger partial charge in [-0.05, 0) is 79.6 Å². The fourth-order valence-electron chi connectivity index (χ4n) is 3.76. The highest BCUT2D eigenvalue weighted by atomic mass is 16.5. The van der Waals surface area contributed by atoms with Crippen molar-refractivity contribution in [1.82, 2.24) is 9.78 Å². The van der Waals surface area contributed by atoms with E-state index in [2.05, 4.69) is 0 Å². The number of aromatic nitrogens is 2. The molecule has 5 rings (SSSR count). The van der Waals surface area contributed by atoms with Crippen LogP contribution in [0.15, 0.2) is 78.7 Å². The molecule has 0 N–H and O–H groups in total. The van der Waals surface area contributed by atoms with Crippen LogP contribution < -0.4 is 9.47 Å². The SMILES string of the molecule is COc1ccc(-c2nn(-c3ccccc3)cc2/C=C2\Oc3cc(C)c(C)cc3C2=O)cc1. The normalized spacial score (nSPS) is 13.8. The summed E-state index contributed by atoms with van der Waals surface area (Å²) < 4.78 is 13.1. The molecule has 1 aliphatic rings. The Morgan fingerprint density at radius 3 is 2.41 bits per heavy atom. The first-order chi connectivity index (χ1) is 15.5. The summed E-state index contributed by atoms with van der Waals surface area (Å²) in [5.41, 5.74) is 6.15. The second-order valence-corrected chi connectivity index (χ2v) is 7.81. The molecule has 5 heteroatoms. The van der Waals surface area contributed by atoms with Crippen molar-refractivity contribution in [2.75, 3.05) is 7.11 Å². The maximum absolute atomic E-state index is 13.0. The first-order valence-corrected chi connectivity index (χ1v) is 10.4. The summed E-state index contributed by atoms with van der Waals surface area (Å²) in [6.45, 7) is 4.01. The third-order valence-corrected chi connectivity index (χ3v) is 5.70. The molecule has 1 aliphatic heterocycles. The number of methoxy groups -OCH3 is 1. The van der Waals surface area contributed by atoms with Crippen molar-refractivity contribution in [1.29, 1.82) is 0 Å². The van der Waals surface area contributed by atoms with Crippen molar-refractivity contribution in [2.45, 2.75) is 13.8 Å². The van der Waals surface area contributed by atoms with Crippen LogP contribution in [0.3, 0.4) is 0 Å². The summed E-state index contributed by atoms with van der Waals surface area (Å²) in [6.07, 6.45) is 3.69. The number of benzene rings is 3. The Morgan fingerprint density at radius 1 is 0.969 bits per heavy atom. The van der Waals surface area contributed by atoms with Gasteiger partial charge in [0.15, 0.2) is 5.76 Å². The lowest BCUT2D eigenvalue weighted by atomic mass is 10.0. The summed E-state index contributed by atoms with van der Waals surface area (Å²) in [4.78, 5) is 13.0. The maximum Gasteiger partial charge on any atom is 0.231 e. The van der Waals surface area contributed by atoms with Gasteiger partial charge in [0.05, 0.1) is 18.4 Å². The largest absolute Gasteiger partial charge is 0.497 e. The van der Waals surface area contributed by atoms with Crippen LogP contribution in [-0.2, 0) is 0 Å². The van der Waals surface area contributed by atoms with E-state index in [4.69, 9.17) is 14.6 Å². The third-order valence-electron chi connectivity index (χ3n) is 5.70. The Morgan fingerprint density at radius 2 is 1.69 bits per heavy atom. The molecule has 0 bridgehead atoms. The molecule has 0 amide bonds. The molecule has 0 aliphatic carbocycles. The third kappa shape index (κ3) is 3.48. The lowest BCUT2D eigenvalue weighted by molar-refractivity contribution is 0.101. The fraction of sp³-hybridized carbons (Fsp3) is 0.111. The van der Waals surface area contributed by atoms with E-state index in [1.54, 1.807) is 13.2 Å². The zero-order valence-electron chi connectivity index (χ0n) is 18.1. The van der Waals surface area contributed by atoms with Crippen molar-refractivity contribution in [2.24, 2.45) is 0 Å². The predicted molar refractivity (Wildman–Crippen MR) is 124 cm³/mol. The van der Waals surface area contributed by atoms with E-state index in [-0.39, 0.29) is 5.78 Å². The molecule has 32 heavy (non-hydrogen) atoms. The Bertz CT molecular complexity index is 1350. The fourth-order valence-corrected chi connectivity index (χ4v) is 3.76. The average Bonchev–Trinajstić information content (AvgIpc) is 3.37. The standard InChI is InChI=1S/C27H22N2O3/c1-17-13-23-24(14-18(17)2)32-25(27(23)30)15-20-16-29(21-7-5-4-6-8-21)28-26(20)19-9-11-22(31-3)12-10-19/h4-16H,1-3H3/b25-15-. The molecular formula is C27H22N2O3. The summed E-state index contributed by atoms with van der Waals surface area (Å²) in [7, 11) is 1.64. The summed E-state index contributed by atoms with van der Waals surface area (Å²) >= 11 is 0. The van der Waals surface area contributed by atoms with E-state index in [1.807, 2.05) is 91.5 Å². The molecule has 158 valence electrons. The highest BCUT2D eigenvalue weighted by Gasteiger charge is 2.28. The molecule has 0 fully saturated rings. The van der Waals surface area contributed by atoms with E-state index in [0.717, 1.165) is 39.4 Å². The van der Waals surface area contributed by atoms with Gasteiger partial charge in [-0.2, -0.15) is 5.10 Å². The van der Waals surface area contributed by atoms with E-state index < -0.39 is 0 Å². The molecule has 0 radical (unpaired) electrons. The van der Waals surface area contributed by atoms with Gasteiger partial charge in [-0.3, -0.25) is 4.79 Å². The summed E-state index contributed by atoms with van der Waals surface area (Å²) in [5.74, 6) is 1.56. The Labute approximate surface area is 186 Å². The van der Waals surface area contributed by atoms with E-state index in [0.29, 0.717) is 17.1 Å². The van der Waals surface area contributed by atoms with Crippen LogP contribution in [0.4, 0.5) is 0 Å². The number of allylic oxidation sites excluding steroid dienone is 1. The van der Waals surface area contributed by atoms with E-state index >= 15 is 0 Å². The lowest BCUT2D eigenvalue weighted by Gasteiger charge is -2.03. The zero-order chi connectivity index (χ0) is 22.2. The number of para-hydroxylation sites is 1. The smallest absolute Gasteiger partial charge is 0.231 e. The van der Waals surface area contributed by atoms with Crippen LogP contribution in [0, 0.1) is 13.8 Å². The van der Waals surface area contributed by atoms with Gasteiger partial charge < -0.3 is 9.47 Å². The molecule has 4 aromatic rings. The Kier molecular flexibility index (Phi) is 4.86. The number of Topliss-reactive ketones (excluding diaryl/α,β-unsaturated/α-hetero) is 1. The number of carbonyl (C=O) groups is 1. The van der Waals surface area contributed by atoms with Crippen molar-refractivity contribution in [3.63, 3.8) is 0 Å². The molecule has 0 atom stereocenters. The van der Waals surface area contributed by atoms with E-state index in [1.165, 1.54) is 0 Å². The highest BCUT2D eigenvalue weighted by Crippen LogP contribution is 2.35. The molecular weight excluding hydrogens is 400 g/mol. The second kappa shape index (κ2) is 7.85. The van der Waals surface area contributed by atoms with Gasteiger partial charge in [0.1, 0.15) is 17.2 Å². The molecule has 0 spiro atoms. The Balaban J connectivity index is 1.61. The lowest BCUT2D eigenvalue weighted by Crippen LogP contribution is -1.98. The number of ketones is 1. The maximum atomic E-state index is 13.0. The van der Waals surface area contributed by atoms with Crippen LogP contribution in [-0.4, -0.2) is 22.7 Å². The van der Waals surface area contributed by atoms with E-state index in [9.17, 15) is 4.79 Å². The van der Waals surface area contributed by atoms with Crippen molar-refractivity contribution >= 4 is 11.9 Å². The monoisotopic (exact) mass is 422 g/mol. The van der Waals surface area contributed by atoms with Crippen LogP contribution in [0.25, 0.3) is 23.0 Å². The number of rotatable bonds is 4. The van der Waals surface area contributed by atoms with Gasteiger partial charge in [0.25, 0.3) is 0 Å². The Hall–Kier alpha value is -4.12. The number of hydrogen-bond donors (Lipinski definition) is 0. The molecule has 3 aromatic carbocycles. The van der Waals surface area contributed by atoms with Crippen LogP contribution in [0.1, 0.15) is 27.0 Å². The highest BCUT2D eigenvalue weighted by molar-refractivity contribution is 6.14. The topological polar surface area (TPSA) is 53.4 Å². The summed E-state index contributed by atoms with van der Waals surface area (Å²) in [6, 6.07) is 21.4. The van der Waals surface area contributed by atoms with Crippen LogP contribution >= 0.6 is 0 Å². The van der Waals surface area contributed by atoms with Crippen LogP contribution in [0.2, 0.25) is 0 Å². The van der Waals surface area contributed by atoms with Crippen molar-refractivity contribution in [3.8, 4) is 28.4 Å². The first-order valence-electron chi connectivity index (χ1n) is 10.4. The van der Waals surface area contributed by atoms with Gasteiger partial charge in [0, 0.05) is 17.3 Å².